The Labute approximate surface area is 113 Å². The molecule has 4 nitrogen and oxygen atoms in total. The van der Waals surface area contributed by atoms with Crippen LogP contribution in [0.5, 0.6) is 5.75 Å². The van der Waals surface area contributed by atoms with Crippen molar-refractivity contribution >= 4 is 0 Å². The Morgan fingerprint density at radius 3 is 2.89 bits per heavy atom. The van der Waals surface area contributed by atoms with Crippen molar-refractivity contribution in [2.24, 2.45) is 0 Å². The predicted octanol–water partition coefficient (Wildman–Crippen LogP) is 2.42. The third-order valence-electron chi connectivity index (χ3n) is 2.96. The lowest BCUT2D eigenvalue weighted by Gasteiger charge is -2.16. The average molecular weight is 261 g/mol. The summed E-state index contributed by atoms with van der Waals surface area (Å²) in [6, 6.07) is 9.52. The molecule has 2 N–H and O–H groups in total. The summed E-state index contributed by atoms with van der Waals surface area (Å²) in [5, 5.41) is 13.4. The van der Waals surface area contributed by atoms with E-state index in [0.29, 0.717) is 18.8 Å². The summed E-state index contributed by atoms with van der Waals surface area (Å²) in [4.78, 5) is 0. The van der Waals surface area contributed by atoms with Gasteiger partial charge in [-0.25, -0.2) is 0 Å². The van der Waals surface area contributed by atoms with Crippen molar-refractivity contribution in [1.82, 2.24) is 5.32 Å². The second kappa shape index (κ2) is 6.41. The van der Waals surface area contributed by atoms with Crippen molar-refractivity contribution in [1.29, 1.82) is 0 Å². The van der Waals surface area contributed by atoms with Crippen molar-refractivity contribution in [3.8, 4) is 5.75 Å². The summed E-state index contributed by atoms with van der Waals surface area (Å²) in [6.45, 7) is 3.03. The van der Waals surface area contributed by atoms with Gasteiger partial charge in [-0.15, -0.1) is 0 Å². The highest BCUT2D eigenvalue weighted by Crippen LogP contribution is 2.25. The van der Waals surface area contributed by atoms with Gasteiger partial charge in [0.1, 0.15) is 11.5 Å². The quantitative estimate of drug-likeness (QED) is 0.838. The molecule has 2 aromatic rings. The number of rotatable bonds is 6. The van der Waals surface area contributed by atoms with E-state index in [1.54, 1.807) is 13.4 Å². The van der Waals surface area contributed by atoms with E-state index in [0.717, 1.165) is 16.9 Å². The van der Waals surface area contributed by atoms with Crippen LogP contribution in [0.2, 0.25) is 0 Å². The Morgan fingerprint density at radius 2 is 2.21 bits per heavy atom. The Balaban J connectivity index is 1.95. The van der Waals surface area contributed by atoms with E-state index in [-0.39, 0.29) is 0 Å². The van der Waals surface area contributed by atoms with Gasteiger partial charge >= 0.3 is 0 Å². The van der Waals surface area contributed by atoms with Gasteiger partial charge < -0.3 is 19.6 Å². The number of nitrogens with one attached hydrogen (secondary N) is 1. The number of furan rings is 1. The summed E-state index contributed by atoms with van der Waals surface area (Å²) in [5.41, 5.74) is 1.90. The molecule has 0 radical (unpaired) electrons. The first-order valence-electron chi connectivity index (χ1n) is 6.26. The van der Waals surface area contributed by atoms with E-state index in [1.807, 2.05) is 37.3 Å². The number of methoxy groups -OCH3 is 1. The molecular formula is C15H19NO3. The average Bonchev–Trinajstić information content (AvgIpc) is 2.91. The van der Waals surface area contributed by atoms with E-state index in [1.165, 1.54) is 0 Å². The molecule has 0 aliphatic carbocycles. The lowest BCUT2D eigenvalue weighted by atomic mass is 10.1. The SMILES string of the molecule is COc1ccc(C)cc1C(O)CNCc1ccco1. The van der Waals surface area contributed by atoms with Gasteiger partial charge in [0.15, 0.2) is 0 Å². The minimum absolute atomic E-state index is 0.445. The molecule has 2 rings (SSSR count). The van der Waals surface area contributed by atoms with Gasteiger partial charge in [-0.1, -0.05) is 11.6 Å². The Bertz CT molecular complexity index is 508. The van der Waals surface area contributed by atoms with E-state index >= 15 is 0 Å². The molecule has 19 heavy (non-hydrogen) atoms. The summed E-state index contributed by atoms with van der Waals surface area (Å²) in [5.74, 6) is 1.56. The summed E-state index contributed by atoms with van der Waals surface area (Å²) in [7, 11) is 1.61. The highest BCUT2D eigenvalue weighted by Gasteiger charge is 2.13. The molecule has 0 aliphatic heterocycles. The van der Waals surface area contributed by atoms with E-state index in [4.69, 9.17) is 9.15 Å². The van der Waals surface area contributed by atoms with Gasteiger partial charge in [0.25, 0.3) is 0 Å². The molecule has 4 heteroatoms. The number of aliphatic hydroxyl groups excluding tert-OH is 1. The smallest absolute Gasteiger partial charge is 0.124 e. The van der Waals surface area contributed by atoms with Crippen molar-refractivity contribution < 1.29 is 14.3 Å². The highest BCUT2D eigenvalue weighted by molar-refractivity contribution is 5.38. The maximum Gasteiger partial charge on any atom is 0.124 e. The van der Waals surface area contributed by atoms with Crippen LogP contribution in [-0.4, -0.2) is 18.8 Å². The Kier molecular flexibility index (Phi) is 4.60. The fourth-order valence-electron chi connectivity index (χ4n) is 1.97. The van der Waals surface area contributed by atoms with Crippen molar-refractivity contribution in [2.75, 3.05) is 13.7 Å². The van der Waals surface area contributed by atoms with Crippen molar-refractivity contribution in [3.05, 3.63) is 53.5 Å². The van der Waals surface area contributed by atoms with Crippen LogP contribution in [0.4, 0.5) is 0 Å². The van der Waals surface area contributed by atoms with Gasteiger partial charge in [0.05, 0.1) is 26.0 Å². The van der Waals surface area contributed by atoms with E-state index in [2.05, 4.69) is 5.32 Å². The zero-order valence-electron chi connectivity index (χ0n) is 11.2. The molecule has 0 amide bonds. The minimum Gasteiger partial charge on any atom is -0.496 e. The topological polar surface area (TPSA) is 54.6 Å². The number of aryl methyl sites for hydroxylation is 1. The normalized spacial score (nSPS) is 12.4. The number of hydrogen-bond donors (Lipinski definition) is 2. The molecule has 102 valence electrons. The molecule has 0 saturated carbocycles. The number of hydrogen-bond acceptors (Lipinski definition) is 4. The number of ether oxygens (including phenoxy) is 1. The lowest BCUT2D eigenvalue weighted by Crippen LogP contribution is -2.21. The Morgan fingerprint density at radius 1 is 1.37 bits per heavy atom. The second-order valence-corrected chi connectivity index (χ2v) is 4.47. The van der Waals surface area contributed by atoms with Crippen LogP contribution in [0.15, 0.2) is 41.0 Å². The molecule has 1 aromatic carbocycles. The second-order valence-electron chi connectivity index (χ2n) is 4.47. The number of aliphatic hydroxyl groups is 1. The summed E-state index contributed by atoms with van der Waals surface area (Å²) in [6.07, 6.45) is 1.03. The zero-order valence-corrected chi connectivity index (χ0v) is 11.2. The van der Waals surface area contributed by atoms with Crippen LogP contribution in [0.25, 0.3) is 0 Å². The third-order valence-corrected chi connectivity index (χ3v) is 2.96. The van der Waals surface area contributed by atoms with Crippen LogP contribution in [0, 0.1) is 6.92 Å². The molecular weight excluding hydrogens is 242 g/mol. The molecule has 0 fully saturated rings. The molecule has 0 bridgehead atoms. The van der Waals surface area contributed by atoms with Gasteiger partial charge in [-0.05, 0) is 31.2 Å². The van der Waals surface area contributed by atoms with Gasteiger partial charge in [-0.2, -0.15) is 0 Å². The first-order chi connectivity index (χ1) is 9.20. The summed E-state index contributed by atoms with van der Waals surface area (Å²) < 4.78 is 10.5. The van der Waals surface area contributed by atoms with Crippen LogP contribution in [0.1, 0.15) is 23.0 Å². The lowest BCUT2D eigenvalue weighted by molar-refractivity contribution is 0.169. The molecule has 1 aromatic heterocycles. The van der Waals surface area contributed by atoms with Crippen molar-refractivity contribution in [2.45, 2.75) is 19.6 Å². The van der Waals surface area contributed by atoms with Crippen LogP contribution < -0.4 is 10.1 Å². The molecule has 1 heterocycles. The van der Waals surface area contributed by atoms with E-state index in [9.17, 15) is 5.11 Å². The standard InChI is InChI=1S/C15H19NO3/c1-11-5-6-15(18-2)13(8-11)14(17)10-16-9-12-4-3-7-19-12/h3-8,14,16-17H,9-10H2,1-2H3. The highest BCUT2D eigenvalue weighted by atomic mass is 16.5. The van der Waals surface area contributed by atoms with Crippen LogP contribution in [-0.2, 0) is 6.54 Å². The van der Waals surface area contributed by atoms with Crippen LogP contribution >= 0.6 is 0 Å². The third kappa shape index (κ3) is 3.59. The van der Waals surface area contributed by atoms with Crippen molar-refractivity contribution in [3.63, 3.8) is 0 Å². The Hall–Kier alpha value is -1.78. The van der Waals surface area contributed by atoms with Gasteiger partial charge in [-0.3, -0.25) is 0 Å². The van der Waals surface area contributed by atoms with Crippen LogP contribution in [0.3, 0.4) is 0 Å². The van der Waals surface area contributed by atoms with E-state index < -0.39 is 6.10 Å². The molecule has 0 saturated heterocycles. The fraction of sp³-hybridized carbons (Fsp3) is 0.333. The first kappa shape index (κ1) is 13.6. The number of benzene rings is 1. The van der Waals surface area contributed by atoms with Gasteiger partial charge in [0.2, 0.25) is 0 Å². The molecule has 1 unspecified atom stereocenters. The first-order valence-corrected chi connectivity index (χ1v) is 6.26. The monoisotopic (exact) mass is 261 g/mol. The summed E-state index contributed by atoms with van der Waals surface area (Å²) >= 11 is 0. The van der Waals surface area contributed by atoms with Gasteiger partial charge in [0, 0.05) is 12.1 Å². The molecule has 1 atom stereocenters. The predicted molar refractivity (Wildman–Crippen MR) is 73.1 cm³/mol. The minimum atomic E-state index is -0.607. The fourth-order valence-corrected chi connectivity index (χ4v) is 1.97. The molecule has 0 spiro atoms. The maximum absolute atomic E-state index is 10.2. The molecule has 0 aliphatic rings. The maximum atomic E-state index is 10.2. The zero-order chi connectivity index (χ0) is 13.7. The largest absolute Gasteiger partial charge is 0.496 e.